The molecule has 0 bridgehead atoms. The average molecular weight is 416 g/mol. The van der Waals surface area contributed by atoms with Crippen LogP contribution in [-0.4, -0.2) is 40.7 Å². The molecule has 4 rings (SSSR count). The van der Waals surface area contributed by atoms with Gasteiger partial charge in [-0.25, -0.2) is 8.42 Å². The smallest absolute Gasteiger partial charge is 0.256 e. The number of anilines is 2. The number of hydrogen-bond acceptors (Lipinski definition) is 5. The number of ether oxygens (including phenoxy) is 2. The third kappa shape index (κ3) is 4.38. The van der Waals surface area contributed by atoms with Crippen molar-refractivity contribution in [2.45, 2.75) is 31.1 Å². The summed E-state index contributed by atoms with van der Waals surface area (Å²) < 4.78 is 38.6. The van der Waals surface area contributed by atoms with Crippen molar-refractivity contribution in [1.29, 1.82) is 0 Å². The van der Waals surface area contributed by atoms with E-state index in [2.05, 4.69) is 4.72 Å². The van der Waals surface area contributed by atoms with Gasteiger partial charge in [0.15, 0.2) is 0 Å². The number of nitrogens with zero attached hydrogens (tertiary/aromatic N) is 1. The molecule has 2 aromatic rings. The Labute approximate surface area is 170 Å². The molecule has 1 N–H and O–H groups in total. The molecule has 2 aromatic carbocycles. The Morgan fingerprint density at radius 1 is 1.28 bits per heavy atom. The summed E-state index contributed by atoms with van der Waals surface area (Å²) in [5.41, 5.74) is 2.87. The van der Waals surface area contributed by atoms with E-state index in [4.69, 9.17) is 9.47 Å². The van der Waals surface area contributed by atoms with E-state index in [0.29, 0.717) is 30.2 Å². The molecule has 0 aliphatic carbocycles. The van der Waals surface area contributed by atoms with E-state index in [1.807, 2.05) is 6.07 Å². The Morgan fingerprint density at radius 3 is 2.90 bits per heavy atom. The zero-order valence-electron chi connectivity index (χ0n) is 16.3. The highest BCUT2D eigenvalue weighted by atomic mass is 32.2. The van der Waals surface area contributed by atoms with Crippen LogP contribution < -0.4 is 14.4 Å². The molecule has 8 heteroatoms. The lowest BCUT2D eigenvalue weighted by molar-refractivity contribution is -0.127. The molecule has 0 spiro atoms. The molecule has 2 aliphatic heterocycles. The molecule has 0 saturated carbocycles. The Morgan fingerprint density at radius 2 is 2.14 bits per heavy atom. The van der Waals surface area contributed by atoms with Crippen LogP contribution in [0, 0.1) is 0 Å². The molecule has 1 saturated heterocycles. The second kappa shape index (κ2) is 8.04. The van der Waals surface area contributed by atoms with Gasteiger partial charge in [-0.15, -0.1) is 0 Å². The standard InChI is InChI=1S/C21H24N2O5S/c1-27-18-5-2-4-15(12-18)14-29(25,26)22-17-8-7-16-9-10-23(19(16)13-17)21(24)20-6-3-11-28-20/h2,4-5,7-8,12-13,20,22H,3,6,9-11,14H2,1H3. The van der Waals surface area contributed by atoms with Gasteiger partial charge in [0.1, 0.15) is 11.9 Å². The first kappa shape index (κ1) is 19.7. The van der Waals surface area contributed by atoms with Crippen molar-refractivity contribution in [1.82, 2.24) is 0 Å². The lowest BCUT2D eigenvalue weighted by atomic mass is 10.1. The third-order valence-electron chi connectivity index (χ3n) is 5.22. The molecule has 29 heavy (non-hydrogen) atoms. The average Bonchev–Trinajstić information content (AvgIpc) is 3.37. The topological polar surface area (TPSA) is 84.9 Å². The number of amides is 1. The van der Waals surface area contributed by atoms with Crippen LogP contribution >= 0.6 is 0 Å². The summed E-state index contributed by atoms with van der Waals surface area (Å²) in [5, 5.41) is 0. The normalized spacial score (nSPS) is 18.5. The number of fused-ring (bicyclic) bond motifs is 1. The van der Waals surface area contributed by atoms with E-state index in [0.717, 1.165) is 30.5 Å². The van der Waals surface area contributed by atoms with Crippen molar-refractivity contribution in [3.63, 3.8) is 0 Å². The highest BCUT2D eigenvalue weighted by molar-refractivity contribution is 7.91. The predicted octanol–water partition coefficient (Wildman–Crippen LogP) is 2.71. The van der Waals surface area contributed by atoms with Gasteiger partial charge >= 0.3 is 0 Å². The van der Waals surface area contributed by atoms with Gasteiger partial charge in [-0.3, -0.25) is 9.52 Å². The molecule has 154 valence electrons. The summed E-state index contributed by atoms with van der Waals surface area (Å²) in [5.74, 6) is 0.399. The number of hydrogen-bond donors (Lipinski definition) is 1. The van der Waals surface area contributed by atoms with Crippen molar-refractivity contribution in [3.05, 3.63) is 53.6 Å². The van der Waals surface area contributed by atoms with E-state index >= 15 is 0 Å². The van der Waals surface area contributed by atoms with Crippen LogP contribution in [-0.2, 0) is 31.7 Å². The Bertz CT molecular complexity index is 1020. The van der Waals surface area contributed by atoms with Crippen LogP contribution in [0.25, 0.3) is 0 Å². The molecule has 1 amide bonds. The molecule has 0 aromatic heterocycles. The molecule has 1 atom stereocenters. The molecule has 1 fully saturated rings. The Hall–Kier alpha value is -2.58. The summed E-state index contributed by atoms with van der Waals surface area (Å²) in [7, 11) is -2.08. The highest BCUT2D eigenvalue weighted by Gasteiger charge is 2.33. The van der Waals surface area contributed by atoms with Crippen molar-refractivity contribution < 1.29 is 22.7 Å². The van der Waals surface area contributed by atoms with Gasteiger partial charge in [0, 0.05) is 18.8 Å². The van der Waals surface area contributed by atoms with Gasteiger partial charge in [0.2, 0.25) is 10.0 Å². The highest BCUT2D eigenvalue weighted by Crippen LogP contribution is 2.33. The number of benzene rings is 2. The number of nitrogens with one attached hydrogen (secondary N) is 1. The van der Waals surface area contributed by atoms with E-state index in [-0.39, 0.29) is 11.7 Å². The molecular formula is C21H24N2O5S. The van der Waals surface area contributed by atoms with Crippen molar-refractivity contribution in [2.75, 3.05) is 29.9 Å². The number of methoxy groups -OCH3 is 1. The monoisotopic (exact) mass is 416 g/mol. The first-order valence-corrected chi connectivity index (χ1v) is 11.3. The van der Waals surface area contributed by atoms with Crippen LogP contribution in [0.5, 0.6) is 5.75 Å². The second-order valence-electron chi connectivity index (χ2n) is 7.30. The van der Waals surface area contributed by atoms with Crippen LogP contribution in [0.4, 0.5) is 11.4 Å². The van der Waals surface area contributed by atoms with E-state index in [1.54, 1.807) is 48.4 Å². The number of carbonyl (C=O) groups excluding carboxylic acids is 1. The lowest BCUT2D eigenvalue weighted by Crippen LogP contribution is -2.37. The number of carbonyl (C=O) groups is 1. The summed E-state index contributed by atoms with van der Waals surface area (Å²) in [6, 6.07) is 12.3. The van der Waals surface area contributed by atoms with Crippen LogP contribution in [0.15, 0.2) is 42.5 Å². The van der Waals surface area contributed by atoms with E-state index in [1.165, 1.54) is 0 Å². The summed E-state index contributed by atoms with van der Waals surface area (Å²) in [6.07, 6.45) is 1.98. The SMILES string of the molecule is COc1cccc(CS(=O)(=O)Nc2ccc3c(c2)N(C(=O)C2CCCO2)CC3)c1. The number of sulfonamides is 1. The minimum Gasteiger partial charge on any atom is -0.497 e. The quantitative estimate of drug-likeness (QED) is 0.783. The fourth-order valence-corrected chi connectivity index (χ4v) is 4.99. The van der Waals surface area contributed by atoms with Crippen LogP contribution in [0.1, 0.15) is 24.0 Å². The Balaban J connectivity index is 1.51. The third-order valence-corrected chi connectivity index (χ3v) is 6.48. The molecule has 7 nitrogen and oxygen atoms in total. The summed E-state index contributed by atoms with van der Waals surface area (Å²) >= 11 is 0. The minimum atomic E-state index is -3.62. The fourth-order valence-electron chi connectivity index (χ4n) is 3.82. The summed E-state index contributed by atoms with van der Waals surface area (Å²) in [4.78, 5) is 14.5. The largest absolute Gasteiger partial charge is 0.497 e. The maximum Gasteiger partial charge on any atom is 0.256 e. The van der Waals surface area contributed by atoms with Crippen molar-refractivity contribution in [2.24, 2.45) is 0 Å². The van der Waals surface area contributed by atoms with E-state index < -0.39 is 16.1 Å². The van der Waals surface area contributed by atoms with Crippen molar-refractivity contribution >= 4 is 27.3 Å². The summed E-state index contributed by atoms with van der Waals surface area (Å²) in [6.45, 7) is 1.20. The zero-order valence-corrected chi connectivity index (χ0v) is 17.1. The van der Waals surface area contributed by atoms with Gasteiger partial charge in [-0.1, -0.05) is 18.2 Å². The minimum absolute atomic E-state index is 0.0439. The van der Waals surface area contributed by atoms with Gasteiger partial charge in [-0.2, -0.15) is 0 Å². The van der Waals surface area contributed by atoms with Gasteiger partial charge in [0.25, 0.3) is 5.91 Å². The molecule has 1 unspecified atom stereocenters. The fraction of sp³-hybridized carbons (Fsp3) is 0.381. The Kier molecular flexibility index (Phi) is 5.47. The van der Waals surface area contributed by atoms with Crippen LogP contribution in [0.2, 0.25) is 0 Å². The molecule has 0 radical (unpaired) electrons. The first-order chi connectivity index (χ1) is 13.9. The maximum atomic E-state index is 12.8. The second-order valence-corrected chi connectivity index (χ2v) is 9.02. The molecule has 2 heterocycles. The van der Waals surface area contributed by atoms with Gasteiger partial charge < -0.3 is 14.4 Å². The van der Waals surface area contributed by atoms with Crippen molar-refractivity contribution in [3.8, 4) is 5.75 Å². The lowest BCUT2D eigenvalue weighted by Gasteiger charge is -2.21. The maximum absolute atomic E-state index is 12.8. The van der Waals surface area contributed by atoms with Crippen LogP contribution in [0.3, 0.4) is 0 Å². The molecule has 2 aliphatic rings. The van der Waals surface area contributed by atoms with Gasteiger partial charge in [-0.05, 0) is 54.7 Å². The molecular weight excluding hydrogens is 392 g/mol. The first-order valence-electron chi connectivity index (χ1n) is 9.64. The predicted molar refractivity (Wildman–Crippen MR) is 111 cm³/mol. The van der Waals surface area contributed by atoms with Gasteiger partial charge in [0.05, 0.1) is 18.6 Å². The number of rotatable bonds is 6. The van der Waals surface area contributed by atoms with E-state index in [9.17, 15) is 13.2 Å². The zero-order chi connectivity index (χ0) is 20.4.